The van der Waals surface area contributed by atoms with Gasteiger partial charge in [0.2, 0.25) is 0 Å². The number of hydrogen-bond donors (Lipinski definition) is 1. The molecule has 0 atom stereocenters. The van der Waals surface area contributed by atoms with Crippen LogP contribution < -0.4 is 15.2 Å². The van der Waals surface area contributed by atoms with Gasteiger partial charge in [-0.3, -0.25) is 0 Å². The van der Waals surface area contributed by atoms with Gasteiger partial charge in [0.1, 0.15) is 22.7 Å². The third-order valence-electron chi connectivity index (χ3n) is 2.77. The molecule has 2 aromatic carbocycles. The van der Waals surface area contributed by atoms with Crippen molar-refractivity contribution in [3.05, 3.63) is 41.9 Å². The lowest BCUT2D eigenvalue weighted by Gasteiger charge is -2.09. The molecular formula is C14H12N2O2S. The number of nitrogens with two attached hydrogens (primary N) is 1. The summed E-state index contributed by atoms with van der Waals surface area (Å²) in [7, 11) is 1.62. The van der Waals surface area contributed by atoms with Gasteiger partial charge >= 0.3 is 0 Å². The van der Waals surface area contributed by atoms with E-state index in [4.69, 9.17) is 15.2 Å². The van der Waals surface area contributed by atoms with Crippen LogP contribution in [0.25, 0.3) is 10.2 Å². The van der Waals surface area contributed by atoms with E-state index < -0.39 is 0 Å². The first-order chi connectivity index (χ1) is 9.28. The fourth-order valence-electron chi connectivity index (χ4n) is 1.81. The zero-order valence-corrected chi connectivity index (χ0v) is 11.1. The molecule has 0 saturated carbocycles. The monoisotopic (exact) mass is 272 g/mol. The Bertz CT molecular complexity index is 724. The maximum Gasteiger partial charge on any atom is 0.152 e. The number of nitrogens with zero attached hydrogens (tertiary/aromatic N) is 1. The van der Waals surface area contributed by atoms with E-state index in [0.29, 0.717) is 17.2 Å². The predicted molar refractivity (Wildman–Crippen MR) is 77.1 cm³/mol. The normalized spacial score (nSPS) is 10.6. The van der Waals surface area contributed by atoms with Crippen molar-refractivity contribution in [2.45, 2.75) is 0 Å². The first kappa shape index (κ1) is 11.8. The molecule has 0 saturated heterocycles. The number of thiazole rings is 1. The van der Waals surface area contributed by atoms with Crippen LogP contribution in [0.2, 0.25) is 0 Å². The number of ether oxygens (including phenoxy) is 2. The molecule has 0 aliphatic heterocycles. The maximum absolute atomic E-state index is 6.07. The van der Waals surface area contributed by atoms with E-state index in [-0.39, 0.29) is 0 Å². The Morgan fingerprint density at radius 1 is 1.16 bits per heavy atom. The van der Waals surface area contributed by atoms with Crippen LogP contribution in [-0.4, -0.2) is 12.1 Å². The van der Waals surface area contributed by atoms with E-state index in [2.05, 4.69) is 4.98 Å². The van der Waals surface area contributed by atoms with Gasteiger partial charge in [-0.15, -0.1) is 11.3 Å². The summed E-state index contributed by atoms with van der Waals surface area (Å²) in [5, 5.41) is 0. The molecule has 0 amide bonds. The average molecular weight is 272 g/mol. The second kappa shape index (κ2) is 4.78. The molecule has 0 bridgehead atoms. The minimum absolute atomic E-state index is 0.557. The highest BCUT2D eigenvalue weighted by Gasteiger charge is 2.09. The zero-order valence-electron chi connectivity index (χ0n) is 10.3. The van der Waals surface area contributed by atoms with Crippen LogP contribution in [0.15, 0.2) is 41.9 Å². The lowest BCUT2D eigenvalue weighted by atomic mass is 10.2. The van der Waals surface area contributed by atoms with Crippen molar-refractivity contribution in [1.82, 2.24) is 4.98 Å². The molecule has 0 spiro atoms. The van der Waals surface area contributed by atoms with Gasteiger partial charge in [0.05, 0.1) is 17.3 Å². The Morgan fingerprint density at radius 3 is 2.84 bits per heavy atom. The minimum atomic E-state index is 0.557. The summed E-state index contributed by atoms with van der Waals surface area (Å²) >= 11 is 1.56. The number of nitrogen functional groups attached to an aromatic ring is 1. The number of anilines is 1. The fraction of sp³-hybridized carbons (Fsp3) is 0.0714. The molecule has 3 aromatic rings. The summed E-state index contributed by atoms with van der Waals surface area (Å²) in [6.07, 6.45) is 0. The van der Waals surface area contributed by atoms with Crippen molar-refractivity contribution in [2.75, 3.05) is 12.8 Å². The first-order valence-electron chi connectivity index (χ1n) is 5.71. The van der Waals surface area contributed by atoms with Crippen molar-refractivity contribution < 1.29 is 9.47 Å². The van der Waals surface area contributed by atoms with Gasteiger partial charge < -0.3 is 15.2 Å². The van der Waals surface area contributed by atoms with Crippen LogP contribution >= 0.6 is 11.3 Å². The number of benzene rings is 2. The Balaban J connectivity index is 1.98. The highest BCUT2D eigenvalue weighted by molar-refractivity contribution is 7.16. The number of rotatable bonds is 3. The number of fused-ring (bicyclic) bond motifs is 1. The third-order valence-corrected chi connectivity index (χ3v) is 3.56. The Labute approximate surface area is 114 Å². The minimum Gasteiger partial charge on any atom is -0.497 e. The van der Waals surface area contributed by atoms with Crippen LogP contribution in [0.4, 0.5) is 5.69 Å². The van der Waals surface area contributed by atoms with Crippen molar-refractivity contribution in [2.24, 2.45) is 0 Å². The fourth-order valence-corrected chi connectivity index (χ4v) is 2.51. The molecule has 1 heterocycles. The molecule has 0 unspecified atom stereocenters. The molecule has 19 heavy (non-hydrogen) atoms. The van der Waals surface area contributed by atoms with Crippen LogP contribution in [0.3, 0.4) is 0 Å². The van der Waals surface area contributed by atoms with E-state index in [1.54, 1.807) is 24.0 Å². The van der Waals surface area contributed by atoms with Gasteiger partial charge in [0.15, 0.2) is 5.75 Å². The van der Waals surface area contributed by atoms with Crippen molar-refractivity contribution in [3.63, 3.8) is 0 Å². The van der Waals surface area contributed by atoms with Crippen LogP contribution in [0.5, 0.6) is 17.2 Å². The van der Waals surface area contributed by atoms with Crippen molar-refractivity contribution >= 4 is 27.2 Å². The second-order valence-electron chi connectivity index (χ2n) is 3.96. The largest absolute Gasteiger partial charge is 0.497 e. The number of aromatic nitrogens is 1. The van der Waals surface area contributed by atoms with E-state index in [1.807, 2.05) is 36.4 Å². The zero-order chi connectivity index (χ0) is 13.2. The maximum atomic E-state index is 6.07. The molecule has 1 aromatic heterocycles. The Hall–Kier alpha value is -2.27. The molecule has 4 nitrogen and oxygen atoms in total. The lowest BCUT2D eigenvalue weighted by Crippen LogP contribution is -1.93. The van der Waals surface area contributed by atoms with E-state index >= 15 is 0 Å². The molecule has 0 aliphatic carbocycles. The van der Waals surface area contributed by atoms with E-state index in [9.17, 15) is 0 Å². The van der Waals surface area contributed by atoms with Gasteiger partial charge in [0.25, 0.3) is 0 Å². The van der Waals surface area contributed by atoms with Gasteiger partial charge in [-0.2, -0.15) is 0 Å². The Kier molecular flexibility index (Phi) is 2.97. The summed E-state index contributed by atoms with van der Waals surface area (Å²) in [6.45, 7) is 0. The molecule has 0 aliphatic rings. The molecule has 96 valence electrons. The highest BCUT2D eigenvalue weighted by Crippen LogP contribution is 2.35. The summed E-state index contributed by atoms with van der Waals surface area (Å²) in [4.78, 5) is 4.24. The smallest absolute Gasteiger partial charge is 0.152 e. The molecule has 2 N–H and O–H groups in total. The number of hydrogen-bond acceptors (Lipinski definition) is 5. The SMILES string of the molecule is COc1cccc(Oc2ccc3scnc3c2N)c1. The Morgan fingerprint density at radius 2 is 2.00 bits per heavy atom. The van der Waals surface area contributed by atoms with Crippen LogP contribution in [0, 0.1) is 0 Å². The third kappa shape index (κ3) is 2.20. The summed E-state index contributed by atoms with van der Waals surface area (Å²) < 4.78 is 12.0. The van der Waals surface area contributed by atoms with Crippen molar-refractivity contribution in [3.8, 4) is 17.2 Å². The molecule has 5 heteroatoms. The highest BCUT2D eigenvalue weighted by atomic mass is 32.1. The van der Waals surface area contributed by atoms with Gasteiger partial charge in [-0.25, -0.2) is 4.98 Å². The van der Waals surface area contributed by atoms with Crippen molar-refractivity contribution in [1.29, 1.82) is 0 Å². The number of methoxy groups -OCH3 is 1. The van der Waals surface area contributed by atoms with Gasteiger partial charge in [-0.1, -0.05) is 6.07 Å². The van der Waals surface area contributed by atoms with Gasteiger partial charge in [0, 0.05) is 6.07 Å². The molecule has 0 radical (unpaired) electrons. The van der Waals surface area contributed by atoms with Gasteiger partial charge in [-0.05, 0) is 24.3 Å². The molecule has 3 rings (SSSR count). The summed E-state index contributed by atoms with van der Waals surface area (Å²) in [5.41, 5.74) is 9.18. The molecule has 0 fully saturated rings. The molecular weight excluding hydrogens is 260 g/mol. The second-order valence-corrected chi connectivity index (χ2v) is 4.84. The quantitative estimate of drug-likeness (QED) is 0.739. The van der Waals surface area contributed by atoms with Crippen LogP contribution in [0.1, 0.15) is 0 Å². The summed E-state index contributed by atoms with van der Waals surface area (Å²) in [6, 6.07) is 11.2. The van der Waals surface area contributed by atoms with E-state index in [1.165, 1.54) is 0 Å². The lowest BCUT2D eigenvalue weighted by molar-refractivity contribution is 0.409. The summed E-state index contributed by atoms with van der Waals surface area (Å²) in [5.74, 6) is 2.03. The van der Waals surface area contributed by atoms with Crippen LogP contribution in [-0.2, 0) is 0 Å². The average Bonchev–Trinajstić information content (AvgIpc) is 2.91. The standard InChI is InChI=1S/C14H12N2O2S/c1-17-9-3-2-4-10(7-9)18-11-5-6-12-14(13(11)15)16-8-19-12/h2-8H,15H2,1H3. The topological polar surface area (TPSA) is 57.4 Å². The van der Waals surface area contributed by atoms with E-state index in [0.717, 1.165) is 16.0 Å². The first-order valence-corrected chi connectivity index (χ1v) is 6.59. The predicted octanol–water partition coefficient (Wildman–Crippen LogP) is 3.68.